The Balaban J connectivity index is 2.01. The van der Waals surface area contributed by atoms with Crippen molar-refractivity contribution in [3.8, 4) is 0 Å². The largest absolute Gasteiger partial charge is 0.344 e. The Bertz CT molecular complexity index is 302. The highest BCUT2D eigenvalue weighted by atomic mass is 32.1. The van der Waals surface area contributed by atoms with E-state index in [1.807, 2.05) is 6.92 Å². The van der Waals surface area contributed by atoms with Crippen LogP contribution >= 0.6 is 11.3 Å². The van der Waals surface area contributed by atoms with Crippen LogP contribution in [0.25, 0.3) is 0 Å². The third-order valence-corrected chi connectivity index (χ3v) is 3.61. The van der Waals surface area contributed by atoms with Crippen molar-refractivity contribution >= 4 is 16.5 Å². The molecule has 1 aliphatic heterocycles. The molecule has 0 amide bonds. The molecule has 3 nitrogen and oxygen atoms in total. The Morgan fingerprint density at radius 2 is 2.38 bits per heavy atom. The summed E-state index contributed by atoms with van der Waals surface area (Å²) in [6.07, 6.45) is 1.05. The molecule has 72 valence electrons. The molecule has 1 saturated heterocycles. The third kappa shape index (κ3) is 1.56. The van der Waals surface area contributed by atoms with E-state index in [0.29, 0.717) is 0 Å². The van der Waals surface area contributed by atoms with E-state index < -0.39 is 0 Å². The highest BCUT2D eigenvalue weighted by Gasteiger charge is 2.38. The second kappa shape index (κ2) is 2.96. The fraction of sp³-hybridized carbons (Fsp3) is 0.667. The number of nitrogens with zero attached hydrogens (tertiary/aromatic N) is 2. The van der Waals surface area contributed by atoms with Crippen LogP contribution in [0, 0.1) is 6.92 Å². The monoisotopic (exact) mass is 197 g/mol. The van der Waals surface area contributed by atoms with Crippen molar-refractivity contribution in [2.45, 2.75) is 25.8 Å². The lowest BCUT2D eigenvalue weighted by Crippen LogP contribution is -2.67. The molecular weight excluding hydrogens is 182 g/mol. The molecular formula is C9H15N3S. The molecule has 2 heterocycles. The van der Waals surface area contributed by atoms with Crippen molar-refractivity contribution in [3.63, 3.8) is 0 Å². The van der Waals surface area contributed by atoms with Crippen molar-refractivity contribution in [2.75, 3.05) is 18.0 Å². The SMILES string of the molecule is CCC1(N)CN(c2nc(C)cs2)C1. The molecule has 0 aromatic carbocycles. The van der Waals surface area contributed by atoms with Gasteiger partial charge in [-0.2, -0.15) is 0 Å². The molecule has 0 radical (unpaired) electrons. The lowest BCUT2D eigenvalue weighted by atomic mass is 9.89. The van der Waals surface area contributed by atoms with Gasteiger partial charge in [-0.05, 0) is 13.3 Å². The summed E-state index contributed by atoms with van der Waals surface area (Å²) >= 11 is 1.70. The highest BCUT2D eigenvalue weighted by molar-refractivity contribution is 7.13. The fourth-order valence-corrected chi connectivity index (χ4v) is 2.36. The van der Waals surface area contributed by atoms with E-state index in [2.05, 4.69) is 22.2 Å². The lowest BCUT2D eigenvalue weighted by molar-refractivity contribution is 0.322. The van der Waals surface area contributed by atoms with Crippen LogP contribution in [-0.2, 0) is 0 Å². The van der Waals surface area contributed by atoms with Crippen LogP contribution in [0.2, 0.25) is 0 Å². The Morgan fingerprint density at radius 1 is 1.69 bits per heavy atom. The number of rotatable bonds is 2. The number of thiazole rings is 1. The van der Waals surface area contributed by atoms with E-state index in [9.17, 15) is 0 Å². The number of anilines is 1. The Labute approximate surface area is 82.6 Å². The molecule has 0 spiro atoms. The van der Waals surface area contributed by atoms with Gasteiger partial charge < -0.3 is 10.6 Å². The number of hydrogen-bond donors (Lipinski definition) is 1. The molecule has 0 atom stereocenters. The topological polar surface area (TPSA) is 42.1 Å². The minimum Gasteiger partial charge on any atom is -0.344 e. The molecule has 1 aromatic heterocycles. The minimum absolute atomic E-state index is 0.0412. The first kappa shape index (κ1) is 8.97. The summed E-state index contributed by atoms with van der Waals surface area (Å²) in [5, 5.41) is 3.20. The molecule has 4 heteroatoms. The maximum atomic E-state index is 6.07. The quantitative estimate of drug-likeness (QED) is 0.779. The van der Waals surface area contributed by atoms with Crippen LogP contribution < -0.4 is 10.6 Å². The number of aromatic nitrogens is 1. The summed E-state index contributed by atoms with van der Waals surface area (Å²) in [5.41, 5.74) is 7.22. The van der Waals surface area contributed by atoms with E-state index in [-0.39, 0.29) is 5.54 Å². The Kier molecular flexibility index (Phi) is 2.04. The van der Waals surface area contributed by atoms with Crippen molar-refractivity contribution in [3.05, 3.63) is 11.1 Å². The molecule has 1 fully saturated rings. The maximum Gasteiger partial charge on any atom is 0.185 e. The van der Waals surface area contributed by atoms with Gasteiger partial charge in [-0.3, -0.25) is 0 Å². The normalized spacial score (nSPS) is 20.1. The molecule has 1 aromatic rings. The van der Waals surface area contributed by atoms with Crippen molar-refractivity contribution < 1.29 is 0 Å². The average Bonchev–Trinajstić information content (AvgIpc) is 2.46. The van der Waals surface area contributed by atoms with Crippen LogP contribution in [0.5, 0.6) is 0 Å². The van der Waals surface area contributed by atoms with E-state index in [0.717, 1.165) is 30.3 Å². The molecule has 2 rings (SSSR count). The van der Waals surface area contributed by atoms with Gasteiger partial charge in [-0.1, -0.05) is 6.92 Å². The van der Waals surface area contributed by atoms with Gasteiger partial charge in [0.15, 0.2) is 5.13 Å². The van der Waals surface area contributed by atoms with Crippen LogP contribution in [-0.4, -0.2) is 23.6 Å². The van der Waals surface area contributed by atoms with Gasteiger partial charge in [0, 0.05) is 18.5 Å². The van der Waals surface area contributed by atoms with E-state index in [4.69, 9.17) is 5.73 Å². The smallest absolute Gasteiger partial charge is 0.185 e. The van der Waals surface area contributed by atoms with Gasteiger partial charge in [-0.25, -0.2) is 4.98 Å². The second-order valence-electron chi connectivity index (χ2n) is 3.84. The Morgan fingerprint density at radius 3 is 2.85 bits per heavy atom. The molecule has 0 unspecified atom stereocenters. The summed E-state index contributed by atoms with van der Waals surface area (Å²) in [4.78, 5) is 6.67. The number of aryl methyl sites for hydroxylation is 1. The summed E-state index contributed by atoms with van der Waals surface area (Å²) in [6, 6.07) is 0. The highest BCUT2D eigenvalue weighted by Crippen LogP contribution is 2.30. The van der Waals surface area contributed by atoms with E-state index >= 15 is 0 Å². The lowest BCUT2D eigenvalue weighted by Gasteiger charge is -2.47. The van der Waals surface area contributed by atoms with Crippen LogP contribution in [0.1, 0.15) is 19.0 Å². The number of hydrogen-bond acceptors (Lipinski definition) is 4. The summed E-state index contributed by atoms with van der Waals surface area (Å²) in [5.74, 6) is 0. The van der Waals surface area contributed by atoms with Crippen LogP contribution in [0.15, 0.2) is 5.38 Å². The predicted octanol–water partition coefficient (Wildman–Crippen LogP) is 1.38. The third-order valence-electron chi connectivity index (χ3n) is 2.59. The molecule has 0 saturated carbocycles. The van der Waals surface area contributed by atoms with Gasteiger partial charge in [-0.15, -0.1) is 11.3 Å². The standard InChI is InChI=1S/C9H15N3S/c1-3-9(10)5-12(6-9)8-11-7(2)4-13-8/h4H,3,5-6,10H2,1-2H3. The first-order valence-electron chi connectivity index (χ1n) is 4.59. The maximum absolute atomic E-state index is 6.07. The molecule has 1 aliphatic rings. The fourth-order valence-electron chi connectivity index (χ4n) is 1.56. The van der Waals surface area contributed by atoms with Gasteiger partial charge in [0.2, 0.25) is 0 Å². The summed E-state index contributed by atoms with van der Waals surface area (Å²) in [6.45, 7) is 6.08. The first-order chi connectivity index (χ1) is 6.13. The van der Waals surface area contributed by atoms with Crippen molar-refractivity contribution in [2.24, 2.45) is 5.73 Å². The minimum atomic E-state index is 0.0412. The molecule has 0 aliphatic carbocycles. The van der Waals surface area contributed by atoms with E-state index in [1.165, 1.54) is 0 Å². The zero-order chi connectivity index (χ0) is 9.47. The van der Waals surface area contributed by atoms with Gasteiger partial charge in [0.05, 0.1) is 11.2 Å². The van der Waals surface area contributed by atoms with E-state index in [1.54, 1.807) is 11.3 Å². The molecule has 2 N–H and O–H groups in total. The van der Waals surface area contributed by atoms with Gasteiger partial charge >= 0.3 is 0 Å². The van der Waals surface area contributed by atoms with Gasteiger partial charge in [0.1, 0.15) is 0 Å². The summed E-state index contributed by atoms with van der Waals surface area (Å²) in [7, 11) is 0. The first-order valence-corrected chi connectivity index (χ1v) is 5.47. The number of nitrogens with two attached hydrogens (primary N) is 1. The zero-order valence-electron chi connectivity index (χ0n) is 8.08. The van der Waals surface area contributed by atoms with Crippen LogP contribution in [0.3, 0.4) is 0 Å². The summed E-state index contributed by atoms with van der Waals surface area (Å²) < 4.78 is 0. The van der Waals surface area contributed by atoms with Crippen LogP contribution in [0.4, 0.5) is 5.13 Å². The molecule has 13 heavy (non-hydrogen) atoms. The second-order valence-corrected chi connectivity index (χ2v) is 4.68. The Hall–Kier alpha value is -0.610. The zero-order valence-corrected chi connectivity index (χ0v) is 8.90. The van der Waals surface area contributed by atoms with Crippen molar-refractivity contribution in [1.82, 2.24) is 4.98 Å². The predicted molar refractivity (Wildman–Crippen MR) is 56.3 cm³/mol. The molecule has 0 bridgehead atoms. The average molecular weight is 197 g/mol. The van der Waals surface area contributed by atoms with Crippen molar-refractivity contribution in [1.29, 1.82) is 0 Å². The van der Waals surface area contributed by atoms with Gasteiger partial charge in [0.25, 0.3) is 0 Å².